The molecule has 1 amide bonds. The minimum Gasteiger partial charge on any atom is -0.279 e. The lowest BCUT2D eigenvalue weighted by Crippen LogP contribution is -2.35. The molecule has 0 N–H and O–H groups in total. The van der Waals surface area contributed by atoms with Crippen molar-refractivity contribution >= 4 is 42.6 Å². The number of nitrogens with zero attached hydrogens (tertiary/aromatic N) is 4. The largest absolute Gasteiger partial charge is 0.279 e. The van der Waals surface area contributed by atoms with Gasteiger partial charge in [-0.3, -0.25) is 14.7 Å². The van der Waals surface area contributed by atoms with Gasteiger partial charge in [-0.2, -0.15) is 4.31 Å². The Morgan fingerprint density at radius 3 is 2.54 bits per heavy atom. The highest BCUT2D eigenvalue weighted by Crippen LogP contribution is 2.31. The fourth-order valence-corrected chi connectivity index (χ4v) is 6.59. The number of carbonyl (C=O) groups excluding carboxylic acids is 1. The standard InChI is InChI=1S/C25H23FN4O3S2/c26-20-8-11-22-23(15-20)34-25(28-22)30(17-18-5-4-12-27-16-18)24(31)19-6-9-21(10-7-19)35(32,33)29-13-2-1-3-14-29/h4-12,15-16H,1-3,13-14,17H2. The Hall–Kier alpha value is -3.21. The number of sulfonamides is 1. The lowest BCUT2D eigenvalue weighted by Gasteiger charge is -2.26. The fraction of sp³-hybridized carbons (Fsp3) is 0.240. The van der Waals surface area contributed by atoms with E-state index >= 15 is 0 Å². The van der Waals surface area contributed by atoms with Gasteiger partial charge in [-0.25, -0.2) is 17.8 Å². The van der Waals surface area contributed by atoms with Gasteiger partial charge >= 0.3 is 0 Å². The van der Waals surface area contributed by atoms with Crippen molar-refractivity contribution in [2.24, 2.45) is 0 Å². The molecule has 1 fully saturated rings. The van der Waals surface area contributed by atoms with Gasteiger partial charge in [0.25, 0.3) is 5.91 Å². The molecule has 2 aromatic carbocycles. The Labute approximate surface area is 206 Å². The second-order valence-corrected chi connectivity index (χ2v) is 11.3. The van der Waals surface area contributed by atoms with E-state index in [4.69, 9.17) is 0 Å². The van der Waals surface area contributed by atoms with Crippen LogP contribution in [0.4, 0.5) is 9.52 Å². The van der Waals surface area contributed by atoms with Crippen molar-refractivity contribution in [2.45, 2.75) is 30.7 Å². The lowest BCUT2D eigenvalue weighted by molar-refractivity contribution is 0.0985. The summed E-state index contributed by atoms with van der Waals surface area (Å²) in [5, 5.41) is 0.421. The van der Waals surface area contributed by atoms with Crippen LogP contribution in [-0.4, -0.2) is 41.7 Å². The van der Waals surface area contributed by atoms with E-state index in [9.17, 15) is 17.6 Å². The van der Waals surface area contributed by atoms with Crippen LogP contribution in [0.15, 0.2) is 71.9 Å². The Kier molecular flexibility index (Phi) is 6.59. The van der Waals surface area contributed by atoms with E-state index in [1.807, 2.05) is 6.07 Å². The highest BCUT2D eigenvalue weighted by Gasteiger charge is 2.27. The second kappa shape index (κ2) is 9.80. The van der Waals surface area contributed by atoms with Gasteiger partial charge in [-0.15, -0.1) is 0 Å². The predicted octanol–water partition coefficient (Wildman–Crippen LogP) is 4.85. The normalized spacial score (nSPS) is 14.8. The molecule has 5 rings (SSSR count). The Bertz CT molecular complexity index is 1450. The van der Waals surface area contributed by atoms with Gasteiger partial charge in [0.1, 0.15) is 5.82 Å². The molecule has 0 saturated carbocycles. The van der Waals surface area contributed by atoms with Crippen LogP contribution in [0.25, 0.3) is 10.2 Å². The van der Waals surface area contributed by atoms with Gasteiger partial charge < -0.3 is 0 Å². The molecule has 1 aliphatic heterocycles. The SMILES string of the molecule is O=C(c1ccc(S(=O)(=O)N2CCCCC2)cc1)N(Cc1cccnc1)c1nc2ccc(F)cc2s1. The molecule has 0 unspecified atom stereocenters. The summed E-state index contributed by atoms with van der Waals surface area (Å²) in [6, 6.07) is 14.0. The van der Waals surface area contributed by atoms with E-state index in [1.54, 1.807) is 24.5 Å². The number of aromatic nitrogens is 2. The number of carbonyl (C=O) groups is 1. The topological polar surface area (TPSA) is 83.5 Å². The van der Waals surface area contributed by atoms with Crippen LogP contribution in [-0.2, 0) is 16.6 Å². The summed E-state index contributed by atoms with van der Waals surface area (Å²) in [5.41, 5.74) is 1.73. The second-order valence-electron chi connectivity index (χ2n) is 8.35. The number of thiazole rings is 1. The number of rotatable bonds is 6. The van der Waals surface area contributed by atoms with Gasteiger partial charge in [-0.05, 0) is 66.9 Å². The number of fused-ring (bicyclic) bond motifs is 1. The first-order chi connectivity index (χ1) is 16.9. The Morgan fingerprint density at radius 1 is 1.06 bits per heavy atom. The average Bonchev–Trinajstić information content (AvgIpc) is 3.31. The first-order valence-electron chi connectivity index (χ1n) is 11.3. The third-order valence-corrected chi connectivity index (χ3v) is 8.89. The number of halogens is 1. The summed E-state index contributed by atoms with van der Waals surface area (Å²) in [4.78, 5) is 23.9. The molecule has 0 atom stereocenters. The molecule has 3 heterocycles. The van der Waals surface area contributed by atoms with Gasteiger partial charge in [0, 0.05) is 31.0 Å². The van der Waals surface area contributed by atoms with Crippen LogP contribution >= 0.6 is 11.3 Å². The van der Waals surface area contributed by atoms with E-state index in [2.05, 4.69) is 9.97 Å². The van der Waals surface area contributed by atoms with Crippen LogP contribution in [0, 0.1) is 5.82 Å². The summed E-state index contributed by atoms with van der Waals surface area (Å²) in [5.74, 6) is -0.710. The van der Waals surface area contributed by atoms with E-state index < -0.39 is 10.0 Å². The third-order valence-electron chi connectivity index (χ3n) is 5.93. The van der Waals surface area contributed by atoms with Crippen LogP contribution in [0.2, 0.25) is 0 Å². The highest BCUT2D eigenvalue weighted by molar-refractivity contribution is 7.89. The van der Waals surface area contributed by atoms with Gasteiger partial charge in [0.15, 0.2) is 5.13 Å². The summed E-state index contributed by atoms with van der Waals surface area (Å²) < 4.78 is 41.8. The number of amides is 1. The summed E-state index contributed by atoms with van der Waals surface area (Å²) in [6.07, 6.45) is 6.06. The van der Waals surface area contributed by atoms with Crippen molar-refractivity contribution in [1.29, 1.82) is 0 Å². The zero-order valence-electron chi connectivity index (χ0n) is 18.8. The third kappa shape index (κ3) is 4.95. The molecule has 0 aliphatic carbocycles. The van der Waals surface area contributed by atoms with Crippen molar-refractivity contribution in [3.8, 4) is 0 Å². The molecule has 10 heteroatoms. The smallest absolute Gasteiger partial charge is 0.260 e. The number of piperidine rings is 1. The minimum atomic E-state index is -3.59. The summed E-state index contributed by atoms with van der Waals surface area (Å²) in [6.45, 7) is 1.24. The summed E-state index contributed by atoms with van der Waals surface area (Å²) >= 11 is 1.22. The number of anilines is 1. The molecule has 4 aromatic rings. The fourth-order valence-electron chi connectivity index (χ4n) is 4.08. The maximum Gasteiger partial charge on any atom is 0.260 e. The van der Waals surface area contributed by atoms with Crippen LogP contribution in [0.1, 0.15) is 35.2 Å². The molecule has 0 bridgehead atoms. The Balaban J connectivity index is 1.47. The van der Waals surface area contributed by atoms with Crippen molar-refractivity contribution in [3.05, 3.63) is 83.9 Å². The zero-order valence-corrected chi connectivity index (χ0v) is 20.4. The summed E-state index contributed by atoms with van der Waals surface area (Å²) in [7, 11) is -3.59. The molecule has 1 aliphatic rings. The van der Waals surface area contributed by atoms with E-state index in [0.29, 0.717) is 34.0 Å². The van der Waals surface area contributed by atoms with Crippen molar-refractivity contribution in [3.63, 3.8) is 0 Å². The quantitative estimate of drug-likeness (QED) is 0.370. The molecule has 1 saturated heterocycles. The molecule has 35 heavy (non-hydrogen) atoms. The van der Waals surface area contributed by atoms with Crippen LogP contribution < -0.4 is 4.90 Å². The molecular formula is C25H23FN4O3S2. The van der Waals surface area contributed by atoms with Crippen molar-refractivity contribution in [1.82, 2.24) is 14.3 Å². The lowest BCUT2D eigenvalue weighted by atomic mass is 10.2. The average molecular weight is 511 g/mol. The van der Waals surface area contributed by atoms with E-state index in [-0.39, 0.29) is 23.2 Å². The number of pyridine rings is 1. The van der Waals surface area contributed by atoms with Crippen molar-refractivity contribution < 1.29 is 17.6 Å². The molecule has 0 spiro atoms. The van der Waals surface area contributed by atoms with Crippen LogP contribution in [0.3, 0.4) is 0 Å². The number of hydrogen-bond acceptors (Lipinski definition) is 6. The van der Waals surface area contributed by atoms with Gasteiger partial charge in [0.2, 0.25) is 10.0 Å². The van der Waals surface area contributed by atoms with Gasteiger partial charge in [-0.1, -0.05) is 23.8 Å². The Morgan fingerprint density at radius 2 is 1.83 bits per heavy atom. The number of hydrogen-bond donors (Lipinski definition) is 0. The van der Waals surface area contributed by atoms with Crippen LogP contribution in [0.5, 0.6) is 0 Å². The molecular weight excluding hydrogens is 487 g/mol. The van der Waals surface area contributed by atoms with Gasteiger partial charge in [0.05, 0.1) is 21.7 Å². The minimum absolute atomic E-state index is 0.172. The maximum atomic E-state index is 13.7. The molecule has 7 nitrogen and oxygen atoms in total. The predicted molar refractivity (Wildman–Crippen MR) is 133 cm³/mol. The molecule has 0 radical (unpaired) electrons. The first kappa shape index (κ1) is 23.5. The van der Waals surface area contributed by atoms with E-state index in [0.717, 1.165) is 24.8 Å². The zero-order chi connectivity index (χ0) is 24.4. The number of benzene rings is 2. The van der Waals surface area contributed by atoms with E-state index in [1.165, 1.54) is 56.9 Å². The highest BCUT2D eigenvalue weighted by atomic mass is 32.2. The molecule has 2 aromatic heterocycles. The maximum absolute atomic E-state index is 13.7. The van der Waals surface area contributed by atoms with Crippen molar-refractivity contribution in [2.75, 3.05) is 18.0 Å². The first-order valence-corrected chi connectivity index (χ1v) is 13.5. The molecule has 180 valence electrons. The monoisotopic (exact) mass is 510 g/mol.